The van der Waals surface area contributed by atoms with Crippen molar-refractivity contribution < 1.29 is 14.2 Å². The molecule has 0 amide bonds. The molecule has 0 aliphatic rings. The van der Waals surface area contributed by atoms with Crippen LogP contribution in [-0.2, 0) is 0 Å². The van der Waals surface area contributed by atoms with Gasteiger partial charge in [-0.3, -0.25) is 0 Å². The molecule has 0 aromatic heterocycles. The standard InChI is InChI=1S/C15H15BrFNO2/c16-11-6-7-15(14(17)8-11)18-9-12(19)10-20-13-4-2-1-3-5-13/h1-8,12,18-19H,9-10H2. The first-order valence-electron chi connectivity index (χ1n) is 6.20. The van der Waals surface area contributed by atoms with Gasteiger partial charge in [0.2, 0.25) is 0 Å². The maximum atomic E-state index is 13.5. The third-order valence-corrected chi connectivity index (χ3v) is 3.14. The summed E-state index contributed by atoms with van der Waals surface area (Å²) in [5.41, 5.74) is 0.354. The molecular weight excluding hydrogens is 325 g/mol. The van der Waals surface area contributed by atoms with Crippen molar-refractivity contribution >= 4 is 21.6 Å². The van der Waals surface area contributed by atoms with Crippen LogP contribution in [0.3, 0.4) is 0 Å². The van der Waals surface area contributed by atoms with Gasteiger partial charge in [0.1, 0.15) is 24.3 Å². The van der Waals surface area contributed by atoms with Crippen LogP contribution in [0.25, 0.3) is 0 Å². The monoisotopic (exact) mass is 339 g/mol. The zero-order valence-corrected chi connectivity index (χ0v) is 12.3. The van der Waals surface area contributed by atoms with E-state index in [1.165, 1.54) is 6.07 Å². The number of benzene rings is 2. The lowest BCUT2D eigenvalue weighted by Gasteiger charge is -2.14. The van der Waals surface area contributed by atoms with Crippen LogP contribution in [0.5, 0.6) is 5.75 Å². The van der Waals surface area contributed by atoms with Crippen LogP contribution in [0.2, 0.25) is 0 Å². The molecule has 5 heteroatoms. The Morgan fingerprint density at radius 2 is 1.95 bits per heavy atom. The molecule has 2 aromatic rings. The predicted octanol–water partition coefficient (Wildman–Crippen LogP) is 3.44. The number of nitrogens with one attached hydrogen (secondary N) is 1. The van der Waals surface area contributed by atoms with Crippen LogP contribution in [0.1, 0.15) is 0 Å². The summed E-state index contributed by atoms with van der Waals surface area (Å²) >= 11 is 3.19. The van der Waals surface area contributed by atoms with Crippen molar-refractivity contribution in [1.29, 1.82) is 0 Å². The minimum absolute atomic E-state index is 0.148. The van der Waals surface area contributed by atoms with Crippen molar-refractivity contribution in [3.8, 4) is 5.75 Å². The van der Waals surface area contributed by atoms with Gasteiger partial charge in [-0.25, -0.2) is 4.39 Å². The highest BCUT2D eigenvalue weighted by molar-refractivity contribution is 9.10. The van der Waals surface area contributed by atoms with Gasteiger partial charge in [-0.15, -0.1) is 0 Å². The van der Waals surface area contributed by atoms with Gasteiger partial charge in [0.15, 0.2) is 0 Å². The third kappa shape index (κ3) is 4.51. The molecule has 0 bridgehead atoms. The van der Waals surface area contributed by atoms with Gasteiger partial charge in [-0.2, -0.15) is 0 Å². The third-order valence-electron chi connectivity index (χ3n) is 2.64. The van der Waals surface area contributed by atoms with E-state index < -0.39 is 6.10 Å². The summed E-state index contributed by atoms with van der Waals surface area (Å²) in [4.78, 5) is 0. The fourth-order valence-corrected chi connectivity index (χ4v) is 1.96. The Bertz CT molecular complexity index is 551. The van der Waals surface area contributed by atoms with Gasteiger partial charge in [-0.05, 0) is 30.3 Å². The van der Waals surface area contributed by atoms with Crippen molar-refractivity contribution in [3.05, 3.63) is 58.8 Å². The van der Waals surface area contributed by atoms with Gasteiger partial charge in [0.05, 0.1) is 5.69 Å². The summed E-state index contributed by atoms with van der Waals surface area (Å²) in [5, 5.41) is 12.6. The van der Waals surface area contributed by atoms with Crippen LogP contribution in [0.15, 0.2) is 53.0 Å². The van der Waals surface area contributed by atoms with Crippen LogP contribution in [0, 0.1) is 5.82 Å². The fraction of sp³-hybridized carbons (Fsp3) is 0.200. The van der Waals surface area contributed by atoms with Crippen molar-refractivity contribution in [3.63, 3.8) is 0 Å². The Labute approximate surface area is 125 Å². The summed E-state index contributed by atoms with van der Waals surface area (Å²) < 4.78 is 19.6. The average Bonchev–Trinajstić information content (AvgIpc) is 2.45. The number of hydrogen-bond acceptors (Lipinski definition) is 3. The van der Waals surface area contributed by atoms with Crippen molar-refractivity contribution in [1.82, 2.24) is 0 Å². The number of aliphatic hydroxyl groups is 1. The quantitative estimate of drug-likeness (QED) is 0.847. The highest BCUT2D eigenvalue weighted by Gasteiger charge is 2.07. The molecular formula is C15H15BrFNO2. The first kappa shape index (κ1) is 14.8. The molecule has 1 unspecified atom stereocenters. The molecule has 0 spiro atoms. The molecule has 0 heterocycles. The molecule has 2 aromatic carbocycles. The van der Waals surface area contributed by atoms with Crippen LogP contribution >= 0.6 is 15.9 Å². The second-order valence-corrected chi connectivity index (χ2v) is 5.20. The Hall–Kier alpha value is -1.59. The Morgan fingerprint density at radius 3 is 2.65 bits per heavy atom. The molecule has 2 rings (SSSR count). The summed E-state index contributed by atoms with van der Waals surface area (Å²) in [6.07, 6.45) is -0.724. The number of para-hydroxylation sites is 1. The number of hydrogen-bond donors (Lipinski definition) is 2. The van der Waals surface area contributed by atoms with E-state index in [2.05, 4.69) is 21.2 Å². The largest absolute Gasteiger partial charge is 0.491 e. The maximum Gasteiger partial charge on any atom is 0.147 e. The summed E-state index contributed by atoms with van der Waals surface area (Å²) in [6, 6.07) is 14.0. The molecule has 0 aliphatic heterocycles. The second kappa shape index (κ2) is 7.26. The lowest BCUT2D eigenvalue weighted by Crippen LogP contribution is -2.26. The van der Waals surface area contributed by atoms with Gasteiger partial charge in [0, 0.05) is 11.0 Å². The van der Waals surface area contributed by atoms with Crippen molar-refractivity contribution in [2.24, 2.45) is 0 Å². The Kier molecular flexibility index (Phi) is 5.38. The highest BCUT2D eigenvalue weighted by Crippen LogP contribution is 2.19. The number of rotatable bonds is 6. The van der Waals surface area contributed by atoms with Gasteiger partial charge >= 0.3 is 0 Å². The topological polar surface area (TPSA) is 41.5 Å². The summed E-state index contributed by atoms with van der Waals surface area (Å²) in [7, 11) is 0. The van der Waals surface area contributed by atoms with Crippen molar-refractivity contribution in [2.45, 2.75) is 6.10 Å². The molecule has 0 saturated heterocycles. The van der Waals surface area contributed by atoms with E-state index in [0.717, 1.165) is 0 Å². The predicted molar refractivity (Wildman–Crippen MR) is 80.5 cm³/mol. The molecule has 1 atom stereocenters. The van der Waals surface area contributed by atoms with E-state index in [-0.39, 0.29) is 19.0 Å². The fourth-order valence-electron chi connectivity index (χ4n) is 1.63. The number of halogens is 2. The van der Waals surface area contributed by atoms with E-state index in [1.54, 1.807) is 12.1 Å². The highest BCUT2D eigenvalue weighted by atomic mass is 79.9. The van der Waals surface area contributed by atoms with E-state index in [4.69, 9.17) is 4.74 Å². The minimum atomic E-state index is -0.724. The molecule has 0 radical (unpaired) electrons. The van der Waals surface area contributed by atoms with Crippen LogP contribution < -0.4 is 10.1 Å². The van der Waals surface area contributed by atoms with Crippen LogP contribution in [0.4, 0.5) is 10.1 Å². The first-order valence-corrected chi connectivity index (χ1v) is 6.99. The summed E-state index contributed by atoms with van der Waals surface area (Å²) in [5.74, 6) is 0.330. The first-order chi connectivity index (χ1) is 9.65. The average molecular weight is 340 g/mol. The van der Waals surface area contributed by atoms with Gasteiger partial charge < -0.3 is 15.2 Å². The molecule has 0 saturated carbocycles. The molecule has 3 nitrogen and oxygen atoms in total. The molecule has 0 fully saturated rings. The molecule has 106 valence electrons. The summed E-state index contributed by atoms with van der Waals surface area (Å²) in [6.45, 7) is 0.362. The van der Waals surface area contributed by atoms with Crippen LogP contribution in [-0.4, -0.2) is 24.4 Å². The van der Waals surface area contributed by atoms with Gasteiger partial charge in [0.25, 0.3) is 0 Å². The SMILES string of the molecule is OC(CNc1ccc(Br)cc1F)COc1ccccc1. The van der Waals surface area contributed by atoms with E-state index >= 15 is 0 Å². The maximum absolute atomic E-state index is 13.5. The zero-order chi connectivity index (χ0) is 14.4. The number of anilines is 1. The molecule has 0 aliphatic carbocycles. The second-order valence-electron chi connectivity index (χ2n) is 4.28. The lowest BCUT2D eigenvalue weighted by molar-refractivity contribution is 0.117. The Balaban J connectivity index is 1.79. The number of aliphatic hydroxyl groups excluding tert-OH is 1. The number of ether oxygens (including phenoxy) is 1. The van der Waals surface area contributed by atoms with Crippen molar-refractivity contribution in [2.75, 3.05) is 18.5 Å². The molecule has 2 N–H and O–H groups in total. The minimum Gasteiger partial charge on any atom is -0.491 e. The molecule has 20 heavy (non-hydrogen) atoms. The van der Waals surface area contributed by atoms with E-state index in [1.807, 2.05) is 30.3 Å². The smallest absolute Gasteiger partial charge is 0.147 e. The zero-order valence-electron chi connectivity index (χ0n) is 10.7. The lowest BCUT2D eigenvalue weighted by atomic mass is 10.3. The van der Waals surface area contributed by atoms with E-state index in [0.29, 0.717) is 15.9 Å². The van der Waals surface area contributed by atoms with E-state index in [9.17, 15) is 9.50 Å². The Morgan fingerprint density at radius 1 is 1.20 bits per heavy atom. The normalized spacial score (nSPS) is 11.9. The van der Waals surface area contributed by atoms with Gasteiger partial charge in [-0.1, -0.05) is 34.1 Å².